The molecule has 1 aliphatic rings. The first-order valence-corrected chi connectivity index (χ1v) is 7.71. The van der Waals surface area contributed by atoms with E-state index in [2.05, 4.69) is 5.32 Å². The van der Waals surface area contributed by atoms with Crippen LogP contribution in [-0.4, -0.2) is 21.9 Å². The Morgan fingerprint density at radius 1 is 1.58 bits per heavy atom. The molecule has 1 aromatic carbocycles. The number of benzene rings is 1. The van der Waals surface area contributed by atoms with Crippen LogP contribution in [-0.2, 0) is 4.79 Å². The molecule has 0 bridgehead atoms. The lowest BCUT2D eigenvalue weighted by molar-refractivity contribution is -0.115. The monoisotopic (exact) mass is 407 g/mol. The van der Waals surface area contributed by atoms with Crippen LogP contribution in [0.5, 0.6) is 11.5 Å². The Balaban J connectivity index is 2.38. The van der Waals surface area contributed by atoms with Gasteiger partial charge in [0.25, 0.3) is 5.91 Å². The minimum absolute atomic E-state index is 0.114. The normalized spacial score (nSPS) is 16.8. The number of hydrogen-bond donors (Lipinski definition) is 2. The molecule has 0 spiro atoms. The van der Waals surface area contributed by atoms with Gasteiger partial charge in [-0.1, -0.05) is 24.0 Å². The lowest BCUT2D eigenvalue weighted by Crippen LogP contribution is -2.17. The Morgan fingerprint density at radius 3 is 2.89 bits per heavy atom. The quantitative estimate of drug-likeness (QED) is 0.459. The maximum atomic E-state index is 11.6. The molecule has 0 saturated carbocycles. The van der Waals surface area contributed by atoms with E-state index in [9.17, 15) is 9.90 Å². The van der Waals surface area contributed by atoms with Gasteiger partial charge in [-0.25, -0.2) is 0 Å². The molecule has 0 atom stereocenters. The van der Waals surface area contributed by atoms with Gasteiger partial charge in [0.05, 0.1) is 15.1 Å². The molecule has 1 fully saturated rings. The maximum absolute atomic E-state index is 11.6. The van der Waals surface area contributed by atoms with Crippen LogP contribution >= 0.6 is 46.6 Å². The highest BCUT2D eigenvalue weighted by Crippen LogP contribution is 2.34. The van der Waals surface area contributed by atoms with Gasteiger partial charge in [-0.3, -0.25) is 4.79 Å². The molecule has 0 aliphatic carbocycles. The van der Waals surface area contributed by atoms with Gasteiger partial charge < -0.3 is 15.2 Å². The van der Waals surface area contributed by atoms with Crippen molar-refractivity contribution in [1.29, 1.82) is 0 Å². The molecule has 4 nitrogen and oxygen atoms in total. The molecule has 2 rings (SSSR count). The number of halogens is 1. The fraction of sp³-hybridized carbons (Fsp3) is 0.167. The summed E-state index contributed by atoms with van der Waals surface area (Å²) in [5, 5.41) is 12.4. The number of amides is 1. The molecule has 0 aromatic heterocycles. The standard InChI is InChI=1S/C12H10INO3S2/c1-2-17-8-4-6(3-7(13)10(8)15)5-9-11(16)14-12(18)19-9/h3-5,15H,2H2,1H3,(H,14,16,18)/b9-5-. The highest BCUT2D eigenvalue weighted by atomic mass is 127. The third kappa shape index (κ3) is 3.40. The summed E-state index contributed by atoms with van der Waals surface area (Å²) >= 11 is 8.17. The number of rotatable bonds is 3. The largest absolute Gasteiger partial charge is 0.504 e. The summed E-state index contributed by atoms with van der Waals surface area (Å²) in [7, 11) is 0. The summed E-state index contributed by atoms with van der Waals surface area (Å²) < 4.78 is 6.47. The Morgan fingerprint density at radius 2 is 2.32 bits per heavy atom. The average Bonchev–Trinajstić information content (AvgIpc) is 2.64. The molecular formula is C12H10INO3S2. The van der Waals surface area contributed by atoms with E-state index in [0.29, 0.717) is 25.2 Å². The number of carbonyl (C=O) groups is 1. The number of ether oxygens (including phenoxy) is 1. The van der Waals surface area contributed by atoms with Gasteiger partial charge in [-0.05, 0) is 53.3 Å². The smallest absolute Gasteiger partial charge is 0.263 e. The first-order chi connectivity index (χ1) is 9.01. The van der Waals surface area contributed by atoms with E-state index in [1.54, 1.807) is 18.2 Å². The Labute approximate surface area is 133 Å². The predicted octanol–water partition coefficient (Wildman–Crippen LogP) is 2.88. The van der Waals surface area contributed by atoms with Crippen LogP contribution < -0.4 is 10.1 Å². The molecule has 1 saturated heterocycles. The van der Waals surface area contributed by atoms with Gasteiger partial charge in [-0.15, -0.1) is 0 Å². The van der Waals surface area contributed by atoms with Crippen LogP contribution in [0, 0.1) is 3.57 Å². The van der Waals surface area contributed by atoms with E-state index < -0.39 is 0 Å². The molecule has 19 heavy (non-hydrogen) atoms. The van der Waals surface area contributed by atoms with Gasteiger partial charge in [0, 0.05) is 0 Å². The van der Waals surface area contributed by atoms with E-state index in [0.717, 1.165) is 5.56 Å². The fourth-order valence-corrected chi connectivity index (χ4v) is 3.18. The zero-order valence-electron chi connectivity index (χ0n) is 9.90. The second-order valence-electron chi connectivity index (χ2n) is 3.63. The SMILES string of the molecule is CCOc1cc(/C=C2\SC(=S)NC2=O)cc(I)c1O. The van der Waals surface area contributed by atoms with E-state index >= 15 is 0 Å². The number of phenolic OH excluding ortho intramolecular Hbond substituents is 1. The molecule has 1 aliphatic heterocycles. The van der Waals surface area contributed by atoms with E-state index in [4.69, 9.17) is 17.0 Å². The number of carbonyl (C=O) groups excluding carboxylic acids is 1. The summed E-state index contributed by atoms with van der Waals surface area (Å²) in [5.41, 5.74) is 0.785. The van der Waals surface area contributed by atoms with Crippen molar-refractivity contribution in [2.24, 2.45) is 0 Å². The minimum Gasteiger partial charge on any atom is -0.504 e. The van der Waals surface area contributed by atoms with Crippen molar-refractivity contribution in [3.8, 4) is 11.5 Å². The number of aromatic hydroxyl groups is 1. The molecule has 1 aromatic rings. The van der Waals surface area contributed by atoms with Crippen LogP contribution in [0.4, 0.5) is 0 Å². The van der Waals surface area contributed by atoms with Crippen molar-refractivity contribution < 1.29 is 14.6 Å². The topological polar surface area (TPSA) is 58.6 Å². The predicted molar refractivity (Wildman–Crippen MR) is 88.3 cm³/mol. The molecule has 1 heterocycles. The molecule has 100 valence electrons. The van der Waals surface area contributed by atoms with Crippen LogP contribution in [0.2, 0.25) is 0 Å². The highest BCUT2D eigenvalue weighted by Gasteiger charge is 2.22. The van der Waals surface area contributed by atoms with Crippen molar-refractivity contribution in [3.63, 3.8) is 0 Å². The Hall–Kier alpha value is -0.800. The van der Waals surface area contributed by atoms with Crippen LogP contribution in [0.15, 0.2) is 17.0 Å². The van der Waals surface area contributed by atoms with Gasteiger partial charge >= 0.3 is 0 Å². The summed E-state index contributed by atoms with van der Waals surface area (Å²) in [5.74, 6) is 0.326. The van der Waals surface area contributed by atoms with Gasteiger partial charge in [0.1, 0.15) is 4.32 Å². The van der Waals surface area contributed by atoms with Gasteiger partial charge in [0.2, 0.25) is 0 Å². The fourth-order valence-electron chi connectivity index (χ4n) is 1.52. The third-order valence-corrected chi connectivity index (χ3v) is 4.28. The molecule has 2 N–H and O–H groups in total. The second-order valence-corrected chi connectivity index (χ2v) is 6.52. The van der Waals surface area contributed by atoms with E-state index in [-0.39, 0.29) is 11.7 Å². The van der Waals surface area contributed by atoms with Crippen LogP contribution in [0.3, 0.4) is 0 Å². The first-order valence-electron chi connectivity index (χ1n) is 5.41. The zero-order chi connectivity index (χ0) is 14.0. The molecular weight excluding hydrogens is 397 g/mol. The first kappa shape index (κ1) is 14.6. The van der Waals surface area contributed by atoms with Crippen molar-refractivity contribution in [2.75, 3.05) is 6.61 Å². The highest BCUT2D eigenvalue weighted by molar-refractivity contribution is 14.1. The summed E-state index contributed by atoms with van der Waals surface area (Å²) in [6, 6.07) is 3.48. The van der Waals surface area contributed by atoms with Crippen molar-refractivity contribution >= 4 is 62.9 Å². The Kier molecular flexibility index (Phi) is 4.69. The number of thiocarbonyl (C=S) groups is 1. The summed E-state index contributed by atoms with van der Waals surface area (Å²) in [6.45, 7) is 2.30. The van der Waals surface area contributed by atoms with Crippen molar-refractivity contribution in [3.05, 3.63) is 26.2 Å². The number of hydrogen-bond acceptors (Lipinski definition) is 5. The lowest BCUT2D eigenvalue weighted by Gasteiger charge is -2.08. The zero-order valence-corrected chi connectivity index (χ0v) is 13.7. The third-order valence-electron chi connectivity index (χ3n) is 2.29. The lowest BCUT2D eigenvalue weighted by atomic mass is 10.2. The van der Waals surface area contributed by atoms with Crippen molar-refractivity contribution in [2.45, 2.75) is 6.92 Å². The van der Waals surface area contributed by atoms with Crippen LogP contribution in [0.1, 0.15) is 12.5 Å². The average molecular weight is 407 g/mol. The minimum atomic E-state index is -0.198. The molecule has 0 unspecified atom stereocenters. The molecule has 0 radical (unpaired) electrons. The van der Waals surface area contributed by atoms with Crippen molar-refractivity contribution in [1.82, 2.24) is 5.32 Å². The maximum Gasteiger partial charge on any atom is 0.263 e. The van der Waals surface area contributed by atoms with E-state index in [1.165, 1.54) is 11.8 Å². The summed E-state index contributed by atoms with van der Waals surface area (Å²) in [6.07, 6.45) is 1.73. The Bertz CT molecular complexity index is 587. The van der Waals surface area contributed by atoms with Gasteiger partial charge in [0.15, 0.2) is 11.5 Å². The van der Waals surface area contributed by atoms with E-state index in [1.807, 2.05) is 29.5 Å². The number of phenols is 1. The van der Waals surface area contributed by atoms with Crippen LogP contribution in [0.25, 0.3) is 6.08 Å². The number of thioether (sulfide) groups is 1. The van der Waals surface area contributed by atoms with Gasteiger partial charge in [-0.2, -0.15) is 0 Å². The summed E-state index contributed by atoms with van der Waals surface area (Å²) in [4.78, 5) is 12.1. The molecule has 7 heteroatoms. The molecule has 1 amide bonds. The number of nitrogens with one attached hydrogen (secondary N) is 1. The second kappa shape index (κ2) is 6.10.